The lowest BCUT2D eigenvalue weighted by molar-refractivity contribution is 0.0946. The molecule has 152 valence electrons. The van der Waals surface area contributed by atoms with Gasteiger partial charge in [0.25, 0.3) is 5.91 Å². The number of nitrogens with one attached hydrogen (secondary N) is 1. The summed E-state index contributed by atoms with van der Waals surface area (Å²) >= 11 is 0. The van der Waals surface area contributed by atoms with Crippen molar-refractivity contribution in [1.29, 1.82) is 0 Å². The number of carbonyl (C=O) groups excluding carboxylic acids is 1. The molecule has 0 radical (unpaired) electrons. The Morgan fingerprint density at radius 1 is 0.967 bits per heavy atom. The van der Waals surface area contributed by atoms with Crippen molar-refractivity contribution in [1.82, 2.24) is 10.3 Å². The van der Waals surface area contributed by atoms with Gasteiger partial charge in [-0.2, -0.15) is 0 Å². The van der Waals surface area contributed by atoms with Crippen LogP contribution in [0.3, 0.4) is 0 Å². The molecule has 3 heterocycles. The lowest BCUT2D eigenvalue weighted by Gasteiger charge is -2.19. The van der Waals surface area contributed by atoms with Crippen LogP contribution in [0.1, 0.15) is 28.8 Å². The van der Waals surface area contributed by atoms with Crippen LogP contribution >= 0.6 is 0 Å². The fourth-order valence-corrected chi connectivity index (χ4v) is 4.36. The number of nitrogens with zero attached hydrogens (tertiary/aromatic N) is 2. The van der Waals surface area contributed by atoms with Gasteiger partial charge < -0.3 is 16.0 Å². The van der Waals surface area contributed by atoms with E-state index in [0.29, 0.717) is 29.1 Å². The van der Waals surface area contributed by atoms with Crippen LogP contribution in [-0.2, 0) is 6.42 Å². The first-order chi connectivity index (χ1) is 14.6. The van der Waals surface area contributed by atoms with E-state index in [1.165, 1.54) is 0 Å². The van der Waals surface area contributed by atoms with Crippen LogP contribution < -0.4 is 16.0 Å². The van der Waals surface area contributed by atoms with Crippen molar-refractivity contribution >= 4 is 17.4 Å². The molecule has 0 spiro atoms. The third-order valence-corrected chi connectivity index (χ3v) is 5.99. The second-order valence-electron chi connectivity index (χ2n) is 7.89. The van der Waals surface area contributed by atoms with Gasteiger partial charge in [-0.25, -0.2) is 9.37 Å². The number of anilines is 2. The zero-order valence-electron chi connectivity index (χ0n) is 16.6. The Balaban J connectivity index is 1.52. The smallest absolute Gasteiger partial charge is 0.251 e. The van der Waals surface area contributed by atoms with Gasteiger partial charge in [-0.3, -0.25) is 4.79 Å². The van der Waals surface area contributed by atoms with E-state index in [-0.39, 0.29) is 11.7 Å². The van der Waals surface area contributed by atoms with Gasteiger partial charge in [0, 0.05) is 53.8 Å². The molecule has 30 heavy (non-hydrogen) atoms. The number of benzene rings is 2. The molecular weight excluding hydrogens is 379 g/mol. The van der Waals surface area contributed by atoms with Gasteiger partial charge in [0.2, 0.25) is 0 Å². The topological polar surface area (TPSA) is 71.2 Å². The van der Waals surface area contributed by atoms with E-state index in [0.717, 1.165) is 54.7 Å². The quantitative estimate of drug-likeness (QED) is 0.694. The maximum Gasteiger partial charge on any atom is 0.251 e. The van der Waals surface area contributed by atoms with Gasteiger partial charge in [-0.1, -0.05) is 12.1 Å². The molecule has 6 heteroatoms. The fourth-order valence-electron chi connectivity index (χ4n) is 4.36. The summed E-state index contributed by atoms with van der Waals surface area (Å²) in [5, 5.41) is 2.85. The molecule has 0 aliphatic carbocycles. The van der Waals surface area contributed by atoms with E-state index < -0.39 is 0 Å². The number of hydrogen-bond acceptors (Lipinski definition) is 4. The molecular formula is C24H23FN4O. The normalized spacial score (nSPS) is 15.8. The van der Waals surface area contributed by atoms with E-state index in [1.807, 2.05) is 36.4 Å². The number of aromatic nitrogens is 1. The van der Waals surface area contributed by atoms with Gasteiger partial charge in [0.05, 0.1) is 0 Å². The van der Waals surface area contributed by atoms with Crippen LogP contribution in [0.25, 0.3) is 22.3 Å². The second kappa shape index (κ2) is 7.44. The Kier molecular flexibility index (Phi) is 4.62. The Hall–Kier alpha value is -3.41. The van der Waals surface area contributed by atoms with Crippen LogP contribution in [0, 0.1) is 5.82 Å². The zero-order valence-corrected chi connectivity index (χ0v) is 16.6. The SMILES string of the molecule is Nc1ncc(-c2ccc(N3CCCC3)cc2F)cc1-c1ccc2c(c1)CCNC2=O. The molecule has 0 atom stereocenters. The molecule has 0 bridgehead atoms. The monoisotopic (exact) mass is 402 g/mol. The number of hydrogen-bond donors (Lipinski definition) is 2. The molecule has 1 aromatic heterocycles. The van der Waals surface area contributed by atoms with Crippen LogP contribution in [-0.4, -0.2) is 30.5 Å². The Morgan fingerprint density at radius 2 is 1.77 bits per heavy atom. The van der Waals surface area contributed by atoms with Crippen molar-refractivity contribution in [2.24, 2.45) is 0 Å². The minimum atomic E-state index is -0.265. The number of nitrogen functional groups attached to an aromatic ring is 1. The number of pyridine rings is 1. The number of rotatable bonds is 3. The second-order valence-corrected chi connectivity index (χ2v) is 7.89. The number of amides is 1. The molecule has 2 aliphatic heterocycles. The van der Waals surface area contributed by atoms with Crippen molar-refractivity contribution in [2.75, 3.05) is 30.3 Å². The lowest BCUT2D eigenvalue weighted by atomic mass is 9.94. The fraction of sp³-hybridized carbons (Fsp3) is 0.250. The summed E-state index contributed by atoms with van der Waals surface area (Å²) in [7, 11) is 0. The molecule has 1 saturated heterocycles. The highest BCUT2D eigenvalue weighted by Crippen LogP contribution is 2.34. The highest BCUT2D eigenvalue weighted by Gasteiger charge is 2.19. The van der Waals surface area contributed by atoms with Gasteiger partial charge in [0.1, 0.15) is 11.6 Å². The van der Waals surface area contributed by atoms with Crippen molar-refractivity contribution in [3.05, 3.63) is 65.6 Å². The molecule has 3 aromatic rings. The summed E-state index contributed by atoms with van der Waals surface area (Å²) in [6, 6.07) is 12.9. The first-order valence-corrected chi connectivity index (χ1v) is 10.3. The molecule has 1 fully saturated rings. The Morgan fingerprint density at radius 3 is 2.57 bits per heavy atom. The number of fused-ring (bicyclic) bond motifs is 1. The van der Waals surface area contributed by atoms with E-state index in [2.05, 4.69) is 15.2 Å². The summed E-state index contributed by atoms with van der Waals surface area (Å²) in [6.07, 6.45) is 4.68. The summed E-state index contributed by atoms with van der Waals surface area (Å²) < 4.78 is 15.0. The number of nitrogens with two attached hydrogens (primary N) is 1. The minimum Gasteiger partial charge on any atom is -0.383 e. The Labute approximate surface area is 174 Å². The average Bonchev–Trinajstić information content (AvgIpc) is 3.29. The maximum absolute atomic E-state index is 15.0. The average molecular weight is 402 g/mol. The van der Waals surface area contributed by atoms with Crippen LogP contribution in [0.2, 0.25) is 0 Å². The summed E-state index contributed by atoms with van der Waals surface area (Å²) in [4.78, 5) is 18.5. The van der Waals surface area contributed by atoms with Gasteiger partial charge in [-0.15, -0.1) is 0 Å². The molecule has 5 rings (SSSR count). The molecule has 1 amide bonds. The van der Waals surface area contributed by atoms with Crippen molar-refractivity contribution in [2.45, 2.75) is 19.3 Å². The van der Waals surface area contributed by atoms with E-state index in [1.54, 1.807) is 12.3 Å². The Bertz CT molecular complexity index is 1140. The molecule has 0 unspecified atom stereocenters. The molecule has 5 nitrogen and oxygen atoms in total. The predicted octanol–water partition coefficient (Wildman–Crippen LogP) is 4.02. The first-order valence-electron chi connectivity index (χ1n) is 10.3. The maximum atomic E-state index is 15.0. The lowest BCUT2D eigenvalue weighted by Crippen LogP contribution is -2.31. The number of halogens is 1. The molecule has 3 N–H and O–H groups in total. The highest BCUT2D eigenvalue weighted by molar-refractivity contribution is 5.97. The van der Waals surface area contributed by atoms with Crippen molar-refractivity contribution < 1.29 is 9.18 Å². The predicted molar refractivity (Wildman–Crippen MR) is 117 cm³/mol. The van der Waals surface area contributed by atoms with Gasteiger partial charge in [0.15, 0.2) is 0 Å². The summed E-state index contributed by atoms with van der Waals surface area (Å²) in [6.45, 7) is 2.57. The zero-order chi connectivity index (χ0) is 20.7. The van der Waals surface area contributed by atoms with Crippen LogP contribution in [0.5, 0.6) is 0 Å². The van der Waals surface area contributed by atoms with E-state index >= 15 is 0 Å². The molecule has 0 saturated carbocycles. The summed E-state index contributed by atoms with van der Waals surface area (Å²) in [5.41, 5.74) is 11.6. The third-order valence-electron chi connectivity index (χ3n) is 5.99. The largest absolute Gasteiger partial charge is 0.383 e. The summed E-state index contributed by atoms with van der Waals surface area (Å²) in [5.74, 6) is 0.0647. The minimum absolute atomic E-state index is 0.0530. The van der Waals surface area contributed by atoms with Gasteiger partial charge >= 0.3 is 0 Å². The number of carbonyl (C=O) groups is 1. The van der Waals surface area contributed by atoms with E-state index in [9.17, 15) is 9.18 Å². The third kappa shape index (κ3) is 3.28. The van der Waals surface area contributed by atoms with E-state index in [4.69, 9.17) is 5.73 Å². The first kappa shape index (κ1) is 18.6. The standard InChI is InChI=1S/C24H23FN4O/c25-22-13-18(29-9-1-2-10-29)4-6-19(22)17-12-21(23(26)28-14-17)15-3-5-20-16(11-15)7-8-27-24(20)30/h3-6,11-14H,1-2,7-10H2,(H2,26,28)(H,27,30). The van der Waals surface area contributed by atoms with Crippen LogP contribution in [0.4, 0.5) is 15.9 Å². The van der Waals surface area contributed by atoms with Gasteiger partial charge in [-0.05, 0) is 60.7 Å². The molecule has 2 aliphatic rings. The molecule has 2 aromatic carbocycles. The van der Waals surface area contributed by atoms with Crippen LogP contribution in [0.15, 0.2) is 48.7 Å². The highest BCUT2D eigenvalue weighted by atomic mass is 19.1. The van der Waals surface area contributed by atoms with Crippen molar-refractivity contribution in [3.8, 4) is 22.3 Å². The van der Waals surface area contributed by atoms with Crippen molar-refractivity contribution in [3.63, 3.8) is 0 Å².